The summed E-state index contributed by atoms with van der Waals surface area (Å²) in [6.07, 6.45) is -2.49. The van der Waals surface area contributed by atoms with Gasteiger partial charge in [-0.25, -0.2) is 18.7 Å². The molecule has 2 rings (SSSR count). The number of anilines is 1. The number of nitrogens with two attached hydrogens (primary N) is 1. The molecule has 0 aliphatic rings. The molecule has 0 saturated carbocycles. The van der Waals surface area contributed by atoms with Gasteiger partial charge in [0.25, 0.3) is 6.43 Å². The highest BCUT2D eigenvalue weighted by molar-refractivity contribution is 7.18. The highest BCUT2D eigenvalue weighted by atomic mass is 32.1. The zero-order valence-electron chi connectivity index (χ0n) is 10.0. The predicted molar refractivity (Wildman–Crippen MR) is 67.0 cm³/mol. The SMILES string of the molecule is Cc1sc2nc(COCC(F)F)nc(N)c2c1C. The molecule has 7 heteroatoms. The van der Waals surface area contributed by atoms with Gasteiger partial charge in [-0.3, -0.25) is 0 Å². The van der Waals surface area contributed by atoms with Gasteiger partial charge in [0.05, 0.1) is 5.39 Å². The first kappa shape index (κ1) is 13.1. The maximum absolute atomic E-state index is 11.9. The van der Waals surface area contributed by atoms with Gasteiger partial charge in [-0.15, -0.1) is 11.3 Å². The van der Waals surface area contributed by atoms with Gasteiger partial charge in [-0.1, -0.05) is 0 Å². The molecule has 0 aliphatic heterocycles. The van der Waals surface area contributed by atoms with Crippen LogP contribution in [-0.2, 0) is 11.3 Å². The van der Waals surface area contributed by atoms with Crippen LogP contribution in [0, 0.1) is 13.8 Å². The molecule has 0 spiro atoms. The summed E-state index contributed by atoms with van der Waals surface area (Å²) in [7, 11) is 0. The number of hydrogen-bond acceptors (Lipinski definition) is 5. The largest absolute Gasteiger partial charge is 0.383 e. The number of ether oxygens (including phenoxy) is 1. The van der Waals surface area contributed by atoms with E-state index < -0.39 is 13.0 Å². The molecule has 0 fully saturated rings. The molecule has 2 aromatic rings. The van der Waals surface area contributed by atoms with Crippen molar-refractivity contribution in [3.05, 3.63) is 16.3 Å². The summed E-state index contributed by atoms with van der Waals surface area (Å²) >= 11 is 1.51. The van der Waals surface area contributed by atoms with E-state index in [0.717, 1.165) is 20.7 Å². The van der Waals surface area contributed by atoms with Crippen molar-refractivity contribution in [3.8, 4) is 0 Å². The van der Waals surface area contributed by atoms with Crippen molar-refractivity contribution in [1.29, 1.82) is 0 Å². The first-order valence-electron chi connectivity index (χ1n) is 5.37. The average molecular weight is 273 g/mol. The number of alkyl halides is 2. The topological polar surface area (TPSA) is 61.0 Å². The number of halogens is 2. The molecule has 0 aliphatic carbocycles. The second kappa shape index (κ2) is 5.11. The summed E-state index contributed by atoms with van der Waals surface area (Å²) in [6, 6.07) is 0. The van der Waals surface area contributed by atoms with Crippen molar-refractivity contribution in [2.75, 3.05) is 12.3 Å². The summed E-state index contributed by atoms with van der Waals surface area (Å²) in [5.74, 6) is 0.708. The van der Waals surface area contributed by atoms with Crippen LogP contribution in [0.2, 0.25) is 0 Å². The molecule has 0 aromatic carbocycles. The van der Waals surface area contributed by atoms with E-state index in [4.69, 9.17) is 10.5 Å². The van der Waals surface area contributed by atoms with Crippen LogP contribution in [-0.4, -0.2) is 23.0 Å². The minimum atomic E-state index is -2.49. The molecule has 98 valence electrons. The molecule has 4 nitrogen and oxygen atoms in total. The van der Waals surface area contributed by atoms with Crippen molar-refractivity contribution in [2.24, 2.45) is 0 Å². The fraction of sp³-hybridized carbons (Fsp3) is 0.455. The van der Waals surface area contributed by atoms with Gasteiger partial charge in [-0.2, -0.15) is 0 Å². The summed E-state index contributed by atoms with van der Waals surface area (Å²) in [5, 5.41) is 0.843. The molecule has 0 bridgehead atoms. The molecule has 2 N–H and O–H groups in total. The second-order valence-electron chi connectivity index (χ2n) is 3.89. The quantitative estimate of drug-likeness (QED) is 0.930. The van der Waals surface area contributed by atoms with E-state index in [1.807, 2.05) is 13.8 Å². The molecule has 0 radical (unpaired) electrons. The van der Waals surface area contributed by atoms with E-state index in [2.05, 4.69) is 9.97 Å². The van der Waals surface area contributed by atoms with Crippen molar-refractivity contribution in [3.63, 3.8) is 0 Å². The lowest BCUT2D eigenvalue weighted by Gasteiger charge is -2.04. The van der Waals surface area contributed by atoms with Crippen LogP contribution in [0.4, 0.5) is 14.6 Å². The molecule has 2 heterocycles. The average Bonchev–Trinajstić information content (AvgIpc) is 2.54. The molecule has 18 heavy (non-hydrogen) atoms. The lowest BCUT2D eigenvalue weighted by atomic mass is 10.2. The van der Waals surface area contributed by atoms with E-state index in [0.29, 0.717) is 11.6 Å². The maximum Gasteiger partial charge on any atom is 0.261 e. The number of fused-ring (bicyclic) bond motifs is 1. The van der Waals surface area contributed by atoms with E-state index in [9.17, 15) is 8.78 Å². The number of aromatic nitrogens is 2. The van der Waals surface area contributed by atoms with Gasteiger partial charge in [0, 0.05) is 4.88 Å². The fourth-order valence-electron chi connectivity index (χ4n) is 1.63. The van der Waals surface area contributed by atoms with Crippen LogP contribution in [0.5, 0.6) is 0 Å². The molecule has 0 amide bonds. The van der Waals surface area contributed by atoms with Crippen molar-refractivity contribution >= 4 is 27.4 Å². The number of aryl methyl sites for hydroxylation is 2. The van der Waals surface area contributed by atoms with E-state index >= 15 is 0 Å². The molecular formula is C11H13F2N3OS. The minimum Gasteiger partial charge on any atom is -0.383 e. The molecular weight excluding hydrogens is 260 g/mol. The summed E-state index contributed by atoms with van der Waals surface area (Å²) < 4.78 is 28.7. The third kappa shape index (κ3) is 2.56. The number of hydrogen-bond donors (Lipinski definition) is 1. The Hall–Kier alpha value is -1.34. The summed E-state index contributed by atoms with van der Waals surface area (Å²) in [6.45, 7) is 3.26. The standard InChI is InChI=1S/C11H13F2N3OS/c1-5-6(2)18-11-9(5)10(14)15-8(16-11)4-17-3-7(12)13/h7H,3-4H2,1-2H3,(H2,14,15,16). The Bertz CT molecular complexity index is 571. The minimum absolute atomic E-state index is 0.0551. The van der Waals surface area contributed by atoms with Crippen molar-refractivity contribution < 1.29 is 13.5 Å². The molecule has 0 unspecified atom stereocenters. The number of thiophene rings is 1. The number of nitrogens with zero attached hydrogens (tertiary/aromatic N) is 2. The smallest absolute Gasteiger partial charge is 0.261 e. The lowest BCUT2D eigenvalue weighted by Crippen LogP contribution is -2.07. The van der Waals surface area contributed by atoms with E-state index in [1.165, 1.54) is 11.3 Å². The van der Waals surface area contributed by atoms with Crippen LogP contribution in [0.1, 0.15) is 16.3 Å². The Morgan fingerprint density at radius 3 is 2.72 bits per heavy atom. The zero-order valence-corrected chi connectivity index (χ0v) is 10.9. The summed E-state index contributed by atoms with van der Waals surface area (Å²) in [4.78, 5) is 10.2. The first-order valence-corrected chi connectivity index (χ1v) is 6.18. The number of rotatable bonds is 4. The molecule has 2 aromatic heterocycles. The van der Waals surface area contributed by atoms with Crippen molar-refractivity contribution in [1.82, 2.24) is 9.97 Å². The predicted octanol–water partition coefficient (Wildman–Crippen LogP) is 2.67. The Morgan fingerprint density at radius 2 is 2.06 bits per heavy atom. The van der Waals surface area contributed by atoms with Crippen LogP contribution < -0.4 is 5.73 Å². The van der Waals surface area contributed by atoms with Gasteiger partial charge in [0.1, 0.15) is 23.9 Å². The molecule has 0 atom stereocenters. The lowest BCUT2D eigenvalue weighted by molar-refractivity contribution is 0.00782. The van der Waals surface area contributed by atoms with Gasteiger partial charge in [0.15, 0.2) is 5.82 Å². The highest BCUT2D eigenvalue weighted by Crippen LogP contribution is 2.31. The van der Waals surface area contributed by atoms with Gasteiger partial charge in [0.2, 0.25) is 0 Å². The van der Waals surface area contributed by atoms with Crippen LogP contribution >= 0.6 is 11.3 Å². The Labute approximate surface area is 107 Å². The second-order valence-corrected chi connectivity index (χ2v) is 5.10. The third-order valence-electron chi connectivity index (χ3n) is 2.58. The van der Waals surface area contributed by atoms with Crippen LogP contribution in [0.25, 0.3) is 10.2 Å². The first-order chi connectivity index (χ1) is 8.49. The van der Waals surface area contributed by atoms with Gasteiger partial charge >= 0.3 is 0 Å². The normalized spacial score (nSPS) is 11.6. The Balaban J connectivity index is 2.26. The fourth-order valence-corrected chi connectivity index (χ4v) is 2.69. The Kier molecular flexibility index (Phi) is 3.72. The Morgan fingerprint density at radius 1 is 1.33 bits per heavy atom. The van der Waals surface area contributed by atoms with E-state index in [-0.39, 0.29) is 6.61 Å². The zero-order chi connectivity index (χ0) is 13.3. The van der Waals surface area contributed by atoms with Crippen LogP contribution in [0.3, 0.4) is 0 Å². The van der Waals surface area contributed by atoms with Crippen LogP contribution in [0.15, 0.2) is 0 Å². The third-order valence-corrected chi connectivity index (χ3v) is 3.68. The summed E-state index contributed by atoms with van der Waals surface area (Å²) in [5.41, 5.74) is 6.92. The van der Waals surface area contributed by atoms with Crippen molar-refractivity contribution in [2.45, 2.75) is 26.9 Å². The molecule has 0 saturated heterocycles. The number of nitrogen functional groups attached to an aromatic ring is 1. The van der Waals surface area contributed by atoms with Gasteiger partial charge in [-0.05, 0) is 19.4 Å². The van der Waals surface area contributed by atoms with E-state index in [1.54, 1.807) is 0 Å². The monoisotopic (exact) mass is 273 g/mol. The highest BCUT2D eigenvalue weighted by Gasteiger charge is 2.13. The maximum atomic E-state index is 11.9. The van der Waals surface area contributed by atoms with Gasteiger partial charge < -0.3 is 10.5 Å².